The first-order chi connectivity index (χ1) is 6.79. The van der Waals surface area contributed by atoms with Gasteiger partial charge in [0.25, 0.3) is 0 Å². The summed E-state index contributed by atoms with van der Waals surface area (Å²) in [6.07, 6.45) is 0.798. The van der Waals surface area contributed by atoms with E-state index in [0.29, 0.717) is 0 Å². The van der Waals surface area contributed by atoms with E-state index in [-0.39, 0.29) is 6.61 Å². The third-order valence-corrected chi connectivity index (χ3v) is 2.30. The summed E-state index contributed by atoms with van der Waals surface area (Å²) < 4.78 is 0. The lowest BCUT2D eigenvalue weighted by atomic mass is 10.0. The van der Waals surface area contributed by atoms with Crippen LogP contribution in [0.1, 0.15) is 23.1 Å². The fraction of sp³-hybridized carbons (Fsp3) is 0.333. The van der Waals surface area contributed by atoms with Crippen LogP contribution in [0.2, 0.25) is 0 Å². The van der Waals surface area contributed by atoms with E-state index >= 15 is 0 Å². The van der Waals surface area contributed by atoms with Crippen molar-refractivity contribution in [2.45, 2.75) is 20.0 Å². The van der Waals surface area contributed by atoms with Crippen molar-refractivity contribution < 1.29 is 5.11 Å². The Kier molecular flexibility index (Phi) is 4.58. The minimum Gasteiger partial charge on any atom is -0.392 e. The van der Waals surface area contributed by atoms with Crippen molar-refractivity contribution in [2.75, 3.05) is 5.75 Å². The number of hydrogen-bond acceptors (Lipinski definition) is 2. The minimum atomic E-state index is 0.0773. The highest BCUT2D eigenvalue weighted by Gasteiger charge is 1.99. The van der Waals surface area contributed by atoms with E-state index in [0.717, 1.165) is 28.9 Å². The monoisotopic (exact) mass is 206 g/mol. The standard InChI is InChI=1S/C12H14OS/c1-10-11(5-2-3-8-14)6-4-7-12(10)9-13/h4,6-7,13-14H,3,8-9H2,1H3. The summed E-state index contributed by atoms with van der Waals surface area (Å²) in [6, 6.07) is 5.81. The Morgan fingerprint density at radius 2 is 2.21 bits per heavy atom. The second-order valence-electron chi connectivity index (χ2n) is 3.02. The number of aliphatic hydroxyl groups excluding tert-OH is 1. The van der Waals surface area contributed by atoms with Crippen LogP contribution in [0.5, 0.6) is 0 Å². The van der Waals surface area contributed by atoms with E-state index in [9.17, 15) is 0 Å². The highest BCUT2D eigenvalue weighted by molar-refractivity contribution is 7.80. The molecule has 0 amide bonds. The fourth-order valence-electron chi connectivity index (χ4n) is 1.20. The maximum Gasteiger partial charge on any atom is 0.0684 e. The van der Waals surface area contributed by atoms with Crippen molar-refractivity contribution in [1.82, 2.24) is 0 Å². The Labute approximate surface area is 90.6 Å². The molecule has 0 fully saturated rings. The Morgan fingerprint density at radius 1 is 1.43 bits per heavy atom. The van der Waals surface area contributed by atoms with Crippen LogP contribution in [0.4, 0.5) is 0 Å². The third-order valence-electron chi connectivity index (χ3n) is 2.08. The van der Waals surface area contributed by atoms with E-state index in [1.807, 2.05) is 25.1 Å². The molecule has 0 aromatic heterocycles. The van der Waals surface area contributed by atoms with Gasteiger partial charge in [0.2, 0.25) is 0 Å². The second kappa shape index (κ2) is 5.74. The van der Waals surface area contributed by atoms with Crippen molar-refractivity contribution in [3.05, 3.63) is 34.9 Å². The highest BCUT2D eigenvalue weighted by atomic mass is 32.1. The minimum absolute atomic E-state index is 0.0773. The molecule has 0 aliphatic carbocycles. The maximum absolute atomic E-state index is 9.05. The predicted octanol–water partition coefficient (Wildman–Crippen LogP) is 2.16. The Morgan fingerprint density at radius 3 is 2.86 bits per heavy atom. The van der Waals surface area contributed by atoms with E-state index in [1.165, 1.54) is 0 Å². The molecule has 0 aliphatic heterocycles. The molecular formula is C12H14OS. The lowest BCUT2D eigenvalue weighted by Gasteiger charge is -2.03. The molecule has 0 unspecified atom stereocenters. The summed E-state index contributed by atoms with van der Waals surface area (Å²) in [5.74, 6) is 6.90. The first-order valence-electron chi connectivity index (χ1n) is 4.58. The van der Waals surface area contributed by atoms with Gasteiger partial charge in [-0.1, -0.05) is 24.0 Å². The lowest BCUT2D eigenvalue weighted by molar-refractivity contribution is 0.281. The molecule has 14 heavy (non-hydrogen) atoms. The van der Waals surface area contributed by atoms with Gasteiger partial charge >= 0.3 is 0 Å². The molecule has 1 rings (SSSR count). The molecule has 1 N–H and O–H groups in total. The SMILES string of the molecule is Cc1c(C#CCCS)cccc1CO. The summed E-state index contributed by atoms with van der Waals surface area (Å²) >= 11 is 4.09. The Balaban J connectivity index is 2.94. The molecule has 74 valence electrons. The Hall–Kier alpha value is -0.910. The average Bonchev–Trinajstić information content (AvgIpc) is 2.21. The first-order valence-corrected chi connectivity index (χ1v) is 5.22. The topological polar surface area (TPSA) is 20.2 Å². The molecule has 1 aromatic rings. The third kappa shape index (κ3) is 2.80. The van der Waals surface area contributed by atoms with Crippen molar-refractivity contribution >= 4 is 12.6 Å². The fourth-order valence-corrected chi connectivity index (χ4v) is 1.32. The lowest BCUT2D eigenvalue weighted by Crippen LogP contribution is -1.91. The molecule has 0 radical (unpaired) electrons. The van der Waals surface area contributed by atoms with Crippen molar-refractivity contribution in [3.8, 4) is 11.8 Å². The van der Waals surface area contributed by atoms with Gasteiger partial charge in [0.05, 0.1) is 6.61 Å². The van der Waals surface area contributed by atoms with Gasteiger partial charge in [0, 0.05) is 17.7 Å². The summed E-state index contributed by atoms with van der Waals surface area (Å²) in [5, 5.41) is 9.05. The average molecular weight is 206 g/mol. The summed E-state index contributed by atoms with van der Waals surface area (Å²) in [6.45, 7) is 2.06. The second-order valence-corrected chi connectivity index (χ2v) is 3.47. The van der Waals surface area contributed by atoms with Crippen LogP contribution >= 0.6 is 12.6 Å². The van der Waals surface area contributed by atoms with Crippen LogP contribution in [0.25, 0.3) is 0 Å². The molecule has 1 nitrogen and oxygen atoms in total. The molecule has 0 spiro atoms. The van der Waals surface area contributed by atoms with Gasteiger partial charge in [-0.05, 0) is 24.1 Å². The number of rotatable bonds is 2. The van der Waals surface area contributed by atoms with Gasteiger partial charge in [-0.2, -0.15) is 12.6 Å². The van der Waals surface area contributed by atoms with E-state index in [4.69, 9.17) is 5.11 Å². The van der Waals surface area contributed by atoms with Crippen molar-refractivity contribution in [1.29, 1.82) is 0 Å². The quantitative estimate of drug-likeness (QED) is 0.561. The van der Waals surface area contributed by atoms with Crippen LogP contribution in [0.3, 0.4) is 0 Å². The van der Waals surface area contributed by atoms with Crippen LogP contribution in [0, 0.1) is 18.8 Å². The summed E-state index contributed by atoms with van der Waals surface area (Å²) in [7, 11) is 0. The van der Waals surface area contributed by atoms with Gasteiger partial charge in [0.15, 0.2) is 0 Å². The number of thiol groups is 1. The molecule has 0 saturated carbocycles. The highest BCUT2D eigenvalue weighted by Crippen LogP contribution is 2.12. The zero-order chi connectivity index (χ0) is 10.4. The van der Waals surface area contributed by atoms with E-state index in [2.05, 4.69) is 24.5 Å². The van der Waals surface area contributed by atoms with Gasteiger partial charge in [-0.25, -0.2) is 0 Å². The van der Waals surface area contributed by atoms with Gasteiger partial charge in [-0.3, -0.25) is 0 Å². The van der Waals surface area contributed by atoms with Crippen LogP contribution in [-0.2, 0) is 6.61 Å². The number of aliphatic hydroxyl groups is 1. The predicted molar refractivity (Wildman–Crippen MR) is 62.4 cm³/mol. The molecule has 0 heterocycles. The summed E-state index contributed by atoms with van der Waals surface area (Å²) in [4.78, 5) is 0. The molecular weight excluding hydrogens is 192 g/mol. The molecule has 0 bridgehead atoms. The maximum atomic E-state index is 9.05. The van der Waals surface area contributed by atoms with E-state index < -0.39 is 0 Å². The van der Waals surface area contributed by atoms with Gasteiger partial charge in [-0.15, -0.1) is 0 Å². The smallest absolute Gasteiger partial charge is 0.0684 e. The number of benzene rings is 1. The van der Waals surface area contributed by atoms with Gasteiger partial charge < -0.3 is 5.11 Å². The van der Waals surface area contributed by atoms with Crippen molar-refractivity contribution in [2.24, 2.45) is 0 Å². The van der Waals surface area contributed by atoms with Crippen LogP contribution in [0.15, 0.2) is 18.2 Å². The normalized spacial score (nSPS) is 9.36. The zero-order valence-electron chi connectivity index (χ0n) is 8.25. The molecule has 1 aromatic carbocycles. The Bertz CT molecular complexity index is 360. The molecule has 0 atom stereocenters. The van der Waals surface area contributed by atoms with Crippen LogP contribution in [-0.4, -0.2) is 10.9 Å². The van der Waals surface area contributed by atoms with Crippen LogP contribution < -0.4 is 0 Å². The van der Waals surface area contributed by atoms with Crippen molar-refractivity contribution in [3.63, 3.8) is 0 Å². The molecule has 0 aliphatic rings. The first kappa shape index (κ1) is 11.2. The number of hydrogen-bond donors (Lipinski definition) is 2. The van der Waals surface area contributed by atoms with Gasteiger partial charge in [0.1, 0.15) is 0 Å². The largest absolute Gasteiger partial charge is 0.392 e. The summed E-state index contributed by atoms with van der Waals surface area (Å²) in [5.41, 5.74) is 3.02. The molecule has 0 saturated heterocycles. The zero-order valence-corrected chi connectivity index (χ0v) is 9.14. The molecule has 2 heteroatoms. The van der Waals surface area contributed by atoms with E-state index in [1.54, 1.807) is 0 Å².